The van der Waals surface area contributed by atoms with E-state index in [9.17, 15) is 4.79 Å². The quantitative estimate of drug-likeness (QED) is 0.327. The Morgan fingerprint density at radius 3 is 2.56 bits per heavy atom. The van der Waals surface area contributed by atoms with E-state index in [-0.39, 0.29) is 5.97 Å². The molecule has 1 fully saturated rings. The number of rotatable bonds is 5. The van der Waals surface area contributed by atoms with Crippen LogP contribution in [0, 0.1) is 0 Å². The SMILES string of the molecule is CCOC(=O)c1c(CN)sc2cc(-c3cccc4ccccc34)c(C3CCCCC3)cc12. The summed E-state index contributed by atoms with van der Waals surface area (Å²) in [6, 6.07) is 19.7. The Kier molecular flexibility index (Phi) is 5.99. The van der Waals surface area contributed by atoms with Crippen LogP contribution in [0.3, 0.4) is 0 Å². The third kappa shape index (κ3) is 3.72. The molecule has 0 atom stereocenters. The first-order valence-electron chi connectivity index (χ1n) is 11.7. The van der Waals surface area contributed by atoms with Gasteiger partial charge < -0.3 is 10.5 Å². The molecule has 1 aromatic heterocycles. The van der Waals surface area contributed by atoms with Crippen LogP contribution < -0.4 is 5.73 Å². The van der Waals surface area contributed by atoms with E-state index in [0.29, 0.717) is 24.6 Å². The van der Waals surface area contributed by atoms with Crippen molar-refractivity contribution in [1.29, 1.82) is 0 Å². The van der Waals surface area contributed by atoms with Crippen molar-refractivity contribution in [2.24, 2.45) is 5.73 Å². The standard InChI is InChI=1S/C28H29NO2S/c1-2-31-28(30)27-24-15-22(19-9-4-3-5-10-19)23(16-25(24)32-26(27)17-29)21-14-8-12-18-11-6-7-13-20(18)21/h6-8,11-16,19H,2-5,9-10,17,29H2,1H3. The Hall–Kier alpha value is -2.69. The second-order valence-corrected chi connectivity index (χ2v) is 9.76. The van der Waals surface area contributed by atoms with Gasteiger partial charge in [-0.2, -0.15) is 0 Å². The van der Waals surface area contributed by atoms with E-state index in [4.69, 9.17) is 10.5 Å². The van der Waals surface area contributed by atoms with E-state index in [2.05, 4.69) is 54.6 Å². The molecule has 0 saturated heterocycles. The third-order valence-electron chi connectivity index (χ3n) is 6.72. The maximum atomic E-state index is 12.8. The molecule has 0 unspecified atom stereocenters. The van der Waals surface area contributed by atoms with E-state index in [1.807, 2.05) is 6.92 Å². The highest BCUT2D eigenvalue weighted by Gasteiger charge is 2.25. The van der Waals surface area contributed by atoms with Crippen molar-refractivity contribution in [2.75, 3.05) is 6.61 Å². The summed E-state index contributed by atoms with van der Waals surface area (Å²) in [7, 11) is 0. The summed E-state index contributed by atoms with van der Waals surface area (Å²) >= 11 is 1.62. The number of fused-ring (bicyclic) bond motifs is 2. The van der Waals surface area contributed by atoms with Crippen LogP contribution in [0.25, 0.3) is 32.0 Å². The molecule has 164 valence electrons. The van der Waals surface area contributed by atoms with Crippen molar-refractivity contribution in [3.05, 3.63) is 70.6 Å². The maximum absolute atomic E-state index is 12.8. The summed E-state index contributed by atoms with van der Waals surface area (Å²) in [6.45, 7) is 2.56. The Bertz CT molecular complexity index is 1280. The summed E-state index contributed by atoms with van der Waals surface area (Å²) in [5.74, 6) is 0.255. The monoisotopic (exact) mass is 443 g/mol. The first-order chi connectivity index (χ1) is 15.7. The highest BCUT2D eigenvalue weighted by molar-refractivity contribution is 7.19. The van der Waals surface area contributed by atoms with Gasteiger partial charge in [0.25, 0.3) is 0 Å². The van der Waals surface area contributed by atoms with Crippen LogP contribution in [0.15, 0.2) is 54.6 Å². The number of nitrogens with two attached hydrogens (primary N) is 1. The molecule has 5 rings (SSSR count). The fourth-order valence-electron chi connectivity index (χ4n) is 5.23. The van der Waals surface area contributed by atoms with Gasteiger partial charge in [0, 0.05) is 21.5 Å². The number of benzene rings is 3. The zero-order chi connectivity index (χ0) is 22.1. The smallest absolute Gasteiger partial charge is 0.339 e. The number of carbonyl (C=O) groups is 1. The number of hydrogen-bond donors (Lipinski definition) is 1. The van der Waals surface area contributed by atoms with Gasteiger partial charge in [0.05, 0.1) is 12.2 Å². The summed E-state index contributed by atoms with van der Waals surface area (Å²) in [5.41, 5.74) is 10.6. The molecular weight excluding hydrogens is 414 g/mol. The summed E-state index contributed by atoms with van der Waals surface area (Å²) < 4.78 is 6.51. The second kappa shape index (κ2) is 9.05. The van der Waals surface area contributed by atoms with E-state index in [0.717, 1.165) is 15.0 Å². The molecule has 3 aromatic carbocycles. The Labute approximate surface area is 193 Å². The molecule has 4 heteroatoms. The van der Waals surface area contributed by atoms with Gasteiger partial charge >= 0.3 is 5.97 Å². The van der Waals surface area contributed by atoms with Gasteiger partial charge in [-0.1, -0.05) is 61.7 Å². The van der Waals surface area contributed by atoms with Crippen molar-refractivity contribution in [3.63, 3.8) is 0 Å². The van der Waals surface area contributed by atoms with E-state index in [1.165, 1.54) is 59.6 Å². The molecule has 0 amide bonds. The molecule has 3 nitrogen and oxygen atoms in total. The van der Waals surface area contributed by atoms with Crippen LogP contribution in [-0.2, 0) is 11.3 Å². The van der Waals surface area contributed by atoms with Gasteiger partial charge in [-0.15, -0.1) is 11.3 Å². The van der Waals surface area contributed by atoms with E-state index in [1.54, 1.807) is 11.3 Å². The van der Waals surface area contributed by atoms with Crippen LogP contribution in [0.2, 0.25) is 0 Å². The number of thiophene rings is 1. The molecule has 0 radical (unpaired) electrons. The van der Waals surface area contributed by atoms with Crippen molar-refractivity contribution < 1.29 is 9.53 Å². The van der Waals surface area contributed by atoms with Crippen LogP contribution in [0.1, 0.15) is 65.7 Å². The highest BCUT2D eigenvalue weighted by Crippen LogP contribution is 2.44. The van der Waals surface area contributed by atoms with Crippen LogP contribution in [0.5, 0.6) is 0 Å². The molecule has 2 N–H and O–H groups in total. The molecule has 0 bridgehead atoms. The molecule has 1 saturated carbocycles. The summed E-state index contributed by atoms with van der Waals surface area (Å²) in [6.07, 6.45) is 6.24. The normalized spacial score (nSPS) is 14.8. The lowest BCUT2D eigenvalue weighted by molar-refractivity contribution is 0.0528. The Morgan fingerprint density at radius 2 is 1.78 bits per heavy atom. The number of esters is 1. The van der Waals surface area contributed by atoms with Gasteiger partial charge in [-0.05, 0) is 65.3 Å². The molecule has 1 aliphatic rings. The van der Waals surface area contributed by atoms with Crippen molar-refractivity contribution in [2.45, 2.75) is 51.5 Å². The zero-order valence-electron chi connectivity index (χ0n) is 18.5. The van der Waals surface area contributed by atoms with Crippen molar-refractivity contribution in [1.82, 2.24) is 0 Å². The molecule has 32 heavy (non-hydrogen) atoms. The van der Waals surface area contributed by atoms with E-state index < -0.39 is 0 Å². The fraction of sp³-hybridized carbons (Fsp3) is 0.321. The predicted molar refractivity (Wildman–Crippen MR) is 134 cm³/mol. The van der Waals surface area contributed by atoms with Crippen LogP contribution in [-0.4, -0.2) is 12.6 Å². The summed E-state index contributed by atoms with van der Waals surface area (Å²) in [5, 5.41) is 3.52. The van der Waals surface area contributed by atoms with Crippen LogP contribution in [0.4, 0.5) is 0 Å². The predicted octanol–water partition coefficient (Wildman–Crippen LogP) is 7.40. The zero-order valence-corrected chi connectivity index (χ0v) is 19.3. The molecule has 1 aliphatic carbocycles. The van der Waals surface area contributed by atoms with Gasteiger partial charge in [0.1, 0.15) is 0 Å². The first kappa shape index (κ1) is 21.2. The average Bonchev–Trinajstić information content (AvgIpc) is 3.21. The molecular formula is C28H29NO2S. The number of carbonyl (C=O) groups excluding carboxylic acids is 1. The maximum Gasteiger partial charge on any atom is 0.339 e. The lowest BCUT2D eigenvalue weighted by atomic mass is 9.79. The minimum atomic E-state index is -0.258. The Morgan fingerprint density at radius 1 is 1.00 bits per heavy atom. The van der Waals surface area contributed by atoms with Crippen molar-refractivity contribution in [3.8, 4) is 11.1 Å². The van der Waals surface area contributed by atoms with Gasteiger partial charge in [-0.25, -0.2) is 4.79 Å². The van der Waals surface area contributed by atoms with E-state index >= 15 is 0 Å². The molecule has 0 aliphatic heterocycles. The molecule has 0 spiro atoms. The molecule has 4 aromatic rings. The van der Waals surface area contributed by atoms with Gasteiger partial charge in [-0.3, -0.25) is 0 Å². The second-order valence-electron chi connectivity index (χ2n) is 8.62. The van der Waals surface area contributed by atoms with Crippen molar-refractivity contribution >= 4 is 38.2 Å². The first-order valence-corrected chi connectivity index (χ1v) is 12.5. The van der Waals surface area contributed by atoms with Gasteiger partial charge in [0.15, 0.2) is 0 Å². The average molecular weight is 444 g/mol. The van der Waals surface area contributed by atoms with Crippen LogP contribution >= 0.6 is 11.3 Å². The largest absolute Gasteiger partial charge is 0.462 e. The number of hydrogen-bond acceptors (Lipinski definition) is 4. The Balaban J connectivity index is 1.79. The summed E-state index contributed by atoms with van der Waals surface area (Å²) in [4.78, 5) is 13.8. The third-order valence-corrected chi connectivity index (χ3v) is 7.90. The minimum Gasteiger partial charge on any atom is -0.462 e. The van der Waals surface area contributed by atoms with Gasteiger partial charge in [0.2, 0.25) is 0 Å². The minimum absolute atomic E-state index is 0.258. The molecule has 1 heterocycles. The lowest BCUT2D eigenvalue weighted by Crippen LogP contribution is -2.09. The topological polar surface area (TPSA) is 52.3 Å². The highest BCUT2D eigenvalue weighted by atomic mass is 32.1. The lowest BCUT2D eigenvalue weighted by Gasteiger charge is -2.25. The fourth-order valence-corrected chi connectivity index (χ4v) is 6.32. The number of ether oxygens (including phenoxy) is 1.